The van der Waals surface area contributed by atoms with Crippen LogP contribution in [0.25, 0.3) is 0 Å². The molecule has 1 N–H and O–H groups in total. The number of carbonyl (C=O) groups is 2. The number of nitrogens with zero attached hydrogens (tertiary/aromatic N) is 2. The zero-order valence-corrected chi connectivity index (χ0v) is 13.7. The molecule has 0 aromatic carbocycles. The van der Waals surface area contributed by atoms with Gasteiger partial charge in [0.1, 0.15) is 7.05 Å². The standard InChI is InChI=1S/C16H18N2O4S/c1-9(19)13-11-7-12(14(16(21)22)18(11)15(13)20)23-8-10-5-3-4-6-17(10)2/h3-6,9,11,13,19H,7-8H2,1-2H3/t9-,11-,13-/m1/s1. The van der Waals surface area contributed by atoms with Crippen molar-refractivity contribution in [1.82, 2.24) is 4.90 Å². The zero-order valence-electron chi connectivity index (χ0n) is 12.9. The number of amides is 1. The summed E-state index contributed by atoms with van der Waals surface area (Å²) in [5, 5.41) is 21.2. The Bertz CT molecular complexity index is 701. The van der Waals surface area contributed by atoms with Gasteiger partial charge in [-0.15, -0.1) is 11.8 Å². The number of aryl methyl sites for hydroxylation is 1. The van der Waals surface area contributed by atoms with E-state index in [9.17, 15) is 19.8 Å². The summed E-state index contributed by atoms with van der Waals surface area (Å²) in [4.78, 5) is 25.5. The van der Waals surface area contributed by atoms with Crippen molar-refractivity contribution in [3.05, 3.63) is 40.7 Å². The van der Waals surface area contributed by atoms with E-state index in [1.165, 1.54) is 16.7 Å². The van der Waals surface area contributed by atoms with Crippen LogP contribution < -0.4 is 9.67 Å². The molecular formula is C16H18N2O4S. The van der Waals surface area contributed by atoms with Gasteiger partial charge in [0.15, 0.2) is 11.9 Å². The van der Waals surface area contributed by atoms with E-state index in [0.717, 1.165) is 5.69 Å². The van der Waals surface area contributed by atoms with Crippen LogP contribution in [0.4, 0.5) is 0 Å². The number of hydrogen-bond donors (Lipinski definition) is 1. The van der Waals surface area contributed by atoms with Crippen LogP contribution in [0.5, 0.6) is 0 Å². The average Bonchev–Trinajstić information content (AvgIpc) is 2.80. The van der Waals surface area contributed by atoms with E-state index in [1.807, 2.05) is 36.0 Å². The third kappa shape index (κ3) is 2.64. The second kappa shape index (κ2) is 5.98. The number of thioether (sulfide) groups is 1. The summed E-state index contributed by atoms with van der Waals surface area (Å²) in [6, 6.07) is 5.56. The van der Waals surface area contributed by atoms with E-state index in [2.05, 4.69) is 0 Å². The Morgan fingerprint density at radius 2 is 2.30 bits per heavy atom. The number of carboxylic acid groups (broad SMARTS) is 1. The first-order valence-electron chi connectivity index (χ1n) is 7.43. The summed E-state index contributed by atoms with van der Waals surface area (Å²) < 4.78 is 1.97. The predicted octanol–water partition coefficient (Wildman–Crippen LogP) is -0.683. The Morgan fingerprint density at radius 1 is 1.57 bits per heavy atom. The molecule has 1 fully saturated rings. The van der Waals surface area contributed by atoms with Gasteiger partial charge in [-0.25, -0.2) is 4.57 Å². The topological polar surface area (TPSA) is 84.5 Å². The predicted molar refractivity (Wildman–Crippen MR) is 81.4 cm³/mol. The van der Waals surface area contributed by atoms with Crippen molar-refractivity contribution >= 4 is 23.6 Å². The molecule has 2 aliphatic rings. The van der Waals surface area contributed by atoms with E-state index < -0.39 is 18.0 Å². The number of rotatable bonds is 5. The highest BCUT2D eigenvalue weighted by Crippen LogP contribution is 2.47. The van der Waals surface area contributed by atoms with Gasteiger partial charge in [0.2, 0.25) is 5.91 Å². The molecule has 23 heavy (non-hydrogen) atoms. The Morgan fingerprint density at radius 3 is 2.91 bits per heavy atom. The molecule has 1 aromatic heterocycles. The van der Waals surface area contributed by atoms with E-state index in [4.69, 9.17) is 0 Å². The first kappa shape index (κ1) is 16.0. The van der Waals surface area contributed by atoms with Gasteiger partial charge in [0.25, 0.3) is 0 Å². The molecule has 1 aromatic rings. The molecule has 0 spiro atoms. The number of fused-ring (bicyclic) bond motifs is 1. The van der Waals surface area contributed by atoms with Crippen molar-refractivity contribution in [3.63, 3.8) is 0 Å². The molecule has 2 aliphatic heterocycles. The van der Waals surface area contributed by atoms with Gasteiger partial charge in [0, 0.05) is 23.5 Å². The van der Waals surface area contributed by atoms with Crippen molar-refractivity contribution in [2.45, 2.75) is 31.2 Å². The van der Waals surface area contributed by atoms with Crippen molar-refractivity contribution in [2.24, 2.45) is 13.0 Å². The van der Waals surface area contributed by atoms with E-state index in [1.54, 1.807) is 6.92 Å². The molecule has 3 heterocycles. The number of pyridine rings is 1. The summed E-state index contributed by atoms with van der Waals surface area (Å²) in [6.07, 6.45) is 1.62. The summed E-state index contributed by atoms with van der Waals surface area (Å²) in [5.41, 5.74) is 1.02. The molecule has 122 valence electrons. The Hall–Kier alpha value is -1.86. The monoisotopic (exact) mass is 334 g/mol. The number of aliphatic hydroxyl groups is 1. The molecule has 7 heteroatoms. The van der Waals surface area contributed by atoms with Crippen molar-refractivity contribution in [3.8, 4) is 0 Å². The molecule has 3 atom stereocenters. The van der Waals surface area contributed by atoms with Crippen LogP contribution in [0.1, 0.15) is 19.0 Å². The van der Waals surface area contributed by atoms with Crippen molar-refractivity contribution in [1.29, 1.82) is 0 Å². The molecule has 0 aliphatic carbocycles. The lowest BCUT2D eigenvalue weighted by atomic mass is 9.83. The average molecular weight is 334 g/mol. The quantitative estimate of drug-likeness (QED) is 0.570. The molecule has 0 saturated carbocycles. The van der Waals surface area contributed by atoms with Gasteiger partial charge < -0.3 is 19.9 Å². The maximum Gasteiger partial charge on any atom is 0.235 e. The van der Waals surface area contributed by atoms with Gasteiger partial charge in [0.05, 0.1) is 35.5 Å². The van der Waals surface area contributed by atoms with Gasteiger partial charge in [-0.1, -0.05) is 6.07 Å². The van der Waals surface area contributed by atoms with Gasteiger partial charge in [-0.2, -0.15) is 0 Å². The van der Waals surface area contributed by atoms with Crippen LogP contribution >= 0.6 is 11.8 Å². The zero-order chi connectivity index (χ0) is 16.7. The maximum absolute atomic E-state index is 12.1. The second-order valence-corrected chi connectivity index (χ2v) is 6.97. The first-order valence-corrected chi connectivity index (χ1v) is 8.42. The molecule has 6 nitrogen and oxygen atoms in total. The lowest BCUT2D eigenvalue weighted by Gasteiger charge is -2.45. The van der Waals surface area contributed by atoms with Crippen molar-refractivity contribution in [2.75, 3.05) is 0 Å². The SMILES string of the molecule is C[C@@H](O)[C@H]1C(=O)N2C(C(=O)[O-])=C(SCc3cccc[n+]3C)C[C@H]12. The molecular weight excluding hydrogens is 316 g/mol. The third-order valence-electron chi connectivity index (χ3n) is 4.44. The van der Waals surface area contributed by atoms with Crippen molar-refractivity contribution < 1.29 is 24.4 Å². The summed E-state index contributed by atoms with van der Waals surface area (Å²) in [6.45, 7) is 1.56. The van der Waals surface area contributed by atoms with E-state index in [0.29, 0.717) is 17.1 Å². The Kier molecular flexibility index (Phi) is 4.16. The number of hydrogen-bond acceptors (Lipinski definition) is 5. The molecule has 3 rings (SSSR count). The van der Waals surface area contributed by atoms with Crippen LogP contribution in [0.2, 0.25) is 0 Å². The highest BCUT2D eigenvalue weighted by molar-refractivity contribution is 8.02. The lowest BCUT2D eigenvalue weighted by molar-refractivity contribution is -0.678. The smallest absolute Gasteiger partial charge is 0.235 e. The summed E-state index contributed by atoms with van der Waals surface area (Å²) in [7, 11) is 1.93. The third-order valence-corrected chi connectivity index (χ3v) is 5.59. The van der Waals surface area contributed by atoms with Crippen LogP contribution in [0.3, 0.4) is 0 Å². The maximum atomic E-state index is 12.1. The highest BCUT2D eigenvalue weighted by Gasteiger charge is 2.55. The minimum atomic E-state index is -1.33. The molecule has 0 bridgehead atoms. The number of aliphatic carboxylic acids is 1. The highest BCUT2D eigenvalue weighted by atomic mass is 32.2. The van der Waals surface area contributed by atoms with Crippen LogP contribution in [-0.4, -0.2) is 34.0 Å². The summed E-state index contributed by atoms with van der Waals surface area (Å²) in [5.74, 6) is -1.57. The van der Waals surface area contributed by atoms with Gasteiger partial charge in [-0.3, -0.25) is 4.79 Å². The Labute approximate surface area is 138 Å². The van der Waals surface area contributed by atoms with Crippen LogP contribution in [0.15, 0.2) is 35.0 Å². The molecule has 1 saturated heterocycles. The number of carbonyl (C=O) groups excluding carboxylic acids is 2. The fourth-order valence-electron chi connectivity index (χ4n) is 3.22. The van der Waals surface area contributed by atoms with E-state index in [-0.39, 0.29) is 17.6 Å². The van der Waals surface area contributed by atoms with Crippen LogP contribution in [-0.2, 0) is 22.4 Å². The number of aromatic nitrogens is 1. The normalized spacial score (nSPS) is 24.5. The summed E-state index contributed by atoms with van der Waals surface area (Å²) >= 11 is 1.41. The minimum Gasteiger partial charge on any atom is -0.543 e. The lowest BCUT2D eigenvalue weighted by Crippen LogP contribution is -2.62. The second-order valence-electron chi connectivity index (χ2n) is 5.90. The minimum absolute atomic E-state index is 0.0273. The number of carboxylic acids is 1. The Balaban J connectivity index is 1.80. The number of aliphatic hydroxyl groups excluding tert-OH is 1. The van der Waals surface area contributed by atoms with Gasteiger partial charge in [-0.05, 0) is 6.92 Å². The van der Waals surface area contributed by atoms with Crippen LogP contribution in [0, 0.1) is 5.92 Å². The first-order chi connectivity index (χ1) is 10.9. The molecule has 1 amide bonds. The van der Waals surface area contributed by atoms with E-state index >= 15 is 0 Å². The largest absolute Gasteiger partial charge is 0.543 e. The molecule has 0 unspecified atom stereocenters. The number of β-lactam (4-membered cyclic amide) rings is 1. The fourth-order valence-corrected chi connectivity index (χ4v) is 4.45. The van der Waals surface area contributed by atoms with Gasteiger partial charge >= 0.3 is 0 Å². The molecule has 0 radical (unpaired) electrons. The fraction of sp³-hybridized carbons (Fsp3) is 0.438.